The molecule has 0 unspecified atom stereocenters. The van der Waals surface area contributed by atoms with Crippen molar-refractivity contribution in [2.75, 3.05) is 26.7 Å². The molecule has 0 N–H and O–H groups in total. The average molecular weight is 399 g/mol. The van der Waals surface area contributed by atoms with E-state index in [0.29, 0.717) is 41.3 Å². The number of hydrogen-bond acceptors (Lipinski definition) is 3. The molecule has 1 amide bonds. The number of hydrogen-bond donors (Lipinski definition) is 0. The number of piperidine rings is 1. The summed E-state index contributed by atoms with van der Waals surface area (Å²) in [6.45, 7) is 11.8. The number of likely N-dealkylation sites (tertiary alicyclic amines) is 1. The molecule has 0 radical (unpaired) electrons. The summed E-state index contributed by atoms with van der Waals surface area (Å²) >= 11 is 0. The fourth-order valence-corrected chi connectivity index (χ4v) is 8.61. The molecule has 0 aromatic heterocycles. The first kappa shape index (κ1) is 19.6. The summed E-state index contributed by atoms with van der Waals surface area (Å²) in [6, 6.07) is 0. The van der Waals surface area contributed by atoms with Crippen molar-refractivity contribution >= 4 is 11.7 Å². The van der Waals surface area contributed by atoms with Crippen molar-refractivity contribution in [3.63, 3.8) is 0 Å². The molecule has 1 heterocycles. The molecule has 5 rings (SSSR count). The molecule has 5 aliphatic rings. The van der Waals surface area contributed by atoms with Crippen LogP contribution < -0.4 is 0 Å². The first-order valence-corrected chi connectivity index (χ1v) is 12.0. The summed E-state index contributed by atoms with van der Waals surface area (Å²) in [4.78, 5) is 30.3. The van der Waals surface area contributed by atoms with E-state index in [2.05, 4.69) is 44.5 Å². The van der Waals surface area contributed by atoms with Crippen LogP contribution in [0.25, 0.3) is 0 Å². The minimum absolute atomic E-state index is 0.146. The predicted octanol–water partition coefficient (Wildman–Crippen LogP) is 3.97. The number of fused-ring (bicyclic) bond motifs is 7. The zero-order chi connectivity index (χ0) is 20.7. The highest BCUT2D eigenvalue weighted by Gasteiger charge is 2.67. The molecule has 29 heavy (non-hydrogen) atoms. The van der Waals surface area contributed by atoms with E-state index < -0.39 is 0 Å². The molecule has 8 atom stereocenters. The lowest BCUT2D eigenvalue weighted by Crippen LogP contribution is -2.58. The van der Waals surface area contributed by atoms with E-state index in [0.717, 1.165) is 32.5 Å². The van der Waals surface area contributed by atoms with Crippen molar-refractivity contribution in [3.05, 3.63) is 11.8 Å². The molecule has 0 spiro atoms. The van der Waals surface area contributed by atoms with E-state index in [-0.39, 0.29) is 16.7 Å². The first-order chi connectivity index (χ1) is 13.8. The van der Waals surface area contributed by atoms with Crippen molar-refractivity contribution in [1.82, 2.24) is 9.80 Å². The van der Waals surface area contributed by atoms with Gasteiger partial charge in [0, 0.05) is 55.7 Å². The van der Waals surface area contributed by atoms with Crippen LogP contribution in [0.4, 0.5) is 0 Å². The fraction of sp³-hybridized carbons (Fsp3) is 0.840. The molecule has 0 aromatic carbocycles. The van der Waals surface area contributed by atoms with Crippen LogP contribution in [-0.2, 0) is 9.59 Å². The third-order valence-electron chi connectivity index (χ3n) is 10.2. The highest BCUT2D eigenvalue weighted by Crippen LogP contribution is 2.70. The number of nitrogens with zero attached hydrogens (tertiary/aromatic N) is 2. The topological polar surface area (TPSA) is 40.6 Å². The minimum Gasteiger partial charge on any atom is -0.377 e. The second-order valence-corrected chi connectivity index (χ2v) is 11.1. The normalized spacial score (nSPS) is 47.6. The highest BCUT2D eigenvalue weighted by molar-refractivity contribution is 5.96. The summed E-state index contributed by atoms with van der Waals surface area (Å²) in [7, 11) is 2.20. The average Bonchev–Trinajstić information content (AvgIpc) is 3.43. The maximum atomic E-state index is 13.3. The first-order valence-electron chi connectivity index (χ1n) is 12.0. The van der Waals surface area contributed by atoms with Crippen LogP contribution in [0.3, 0.4) is 0 Å². The summed E-state index contributed by atoms with van der Waals surface area (Å²) in [6.07, 6.45) is 7.75. The molecule has 1 saturated heterocycles. The zero-order valence-electron chi connectivity index (χ0n) is 18.9. The van der Waals surface area contributed by atoms with E-state index >= 15 is 0 Å². The van der Waals surface area contributed by atoms with Gasteiger partial charge in [-0.2, -0.15) is 0 Å². The Bertz CT molecular complexity index is 771. The Hall–Kier alpha value is -1.32. The third-order valence-corrected chi connectivity index (χ3v) is 10.2. The lowest BCUT2D eigenvalue weighted by molar-refractivity contribution is -0.143. The van der Waals surface area contributed by atoms with Gasteiger partial charge in [-0.05, 0) is 75.0 Å². The molecule has 4 nitrogen and oxygen atoms in total. The van der Waals surface area contributed by atoms with Crippen LogP contribution in [-0.4, -0.2) is 48.2 Å². The van der Waals surface area contributed by atoms with E-state index in [1.54, 1.807) is 0 Å². The molecule has 3 saturated carbocycles. The standard InChI is InChI=1S/C25H38N2O2/c1-6-27(7-2)23(29)19-9-8-17-16-14-26(5)22-13-21(28)15-12-20(15)25(22,4)18(16)10-11-24(17,19)3/h13,15-20H,6-12,14H2,1-5H3/t15-,16+,17+,18+,19-,20+,24+,25+/m1/s1. The number of allylic oxidation sites excluding steroid dienone is 2. The summed E-state index contributed by atoms with van der Waals surface area (Å²) < 4.78 is 0. The van der Waals surface area contributed by atoms with E-state index in [1.807, 2.05) is 6.08 Å². The molecule has 160 valence electrons. The highest BCUT2D eigenvalue weighted by atomic mass is 16.2. The van der Waals surface area contributed by atoms with Crippen molar-refractivity contribution in [2.45, 2.75) is 59.8 Å². The Morgan fingerprint density at radius 1 is 1.14 bits per heavy atom. The van der Waals surface area contributed by atoms with Crippen LogP contribution in [0.2, 0.25) is 0 Å². The van der Waals surface area contributed by atoms with E-state index in [9.17, 15) is 9.59 Å². The van der Waals surface area contributed by atoms with E-state index in [4.69, 9.17) is 0 Å². The number of rotatable bonds is 3. The number of carbonyl (C=O) groups is 2. The van der Waals surface area contributed by atoms with Gasteiger partial charge in [0.2, 0.25) is 5.91 Å². The second kappa shape index (κ2) is 6.34. The SMILES string of the molecule is CCN(CC)C(=O)[C@H]1CC[C@H]2[C@@H]3CN(C)C4=CC(=O)[C@@H]5C[C@@H]5[C@]4(C)[C@H]3CC[C@]12C. The molecule has 4 fully saturated rings. The van der Waals surface area contributed by atoms with Gasteiger partial charge in [0.05, 0.1) is 0 Å². The van der Waals surface area contributed by atoms with Gasteiger partial charge >= 0.3 is 0 Å². The summed E-state index contributed by atoms with van der Waals surface area (Å²) in [5.41, 5.74) is 1.63. The number of carbonyl (C=O) groups excluding carboxylic acids is 2. The number of ketones is 1. The molecule has 1 aliphatic heterocycles. The van der Waals surface area contributed by atoms with Crippen LogP contribution in [0, 0.1) is 46.3 Å². The smallest absolute Gasteiger partial charge is 0.226 e. The Kier molecular flexibility index (Phi) is 4.29. The van der Waals surface area contributed by atoms with Crippen molar-refractivity contribution in [3.8, 4) is 0 Å². The van der Waals surface area contributed by atoms with Gasteiger partial charge in [-0.25, -0.2) is 0 Å². The monoisotopic (exact) mass is 398 g/mol. The number of amides is 1. The second-order valence-electron chi connectivity index (χ2n) is 11.1. The maximum absolute atomic E-state index is 13.3. The molecule has 4 aliphatic carbocycles. The lowest BCUT2D eigenvalue weighted by Gasteiger charge is -2.60. The maximum Gasteiger partial charge on any atom is 0.226 e. The lowest BCUT2D eigenvalue weighted by atomic mass is 9.49. The van der Waals surface area contributed by atoms with Crippen LogP contribution >= 0.6 is 0 Å². The van der Waals surface area contributed by atoms with Gasteiger partial charge in [0.25, 0.3) is 0 Å². The molecule has 4 heteroatoms. The molecular formula is C25H38N2O2. The van der Waals surface area contributed by atoms with Crippen LogP contribution in [0.5, 0.6) is 0 Å². The quantitative estimate of drug-likeness (QED) is 0.722. The van der Waals surface area contributed by atoms with Gasteiger partial charge < -0.3 is 9.80 Å². The van der Waals surface area contributed by atoms with Crippen molar-refractivity contribution in [2.24, 2.45) is 46.3 Å². The van der Waals surface area contributed by atoms with Gasteiger partial charge in [-0.15, -0.1) is 0 Å². The molecule has 0 bridgehead atoms. The van der Waals surface area contributed by atoms with Gasteiger partial charge in [-0.1, -0.05) is 13.8 Å². The van der Waals surface area contributed by atoms with Crippen molar-refractivity contribution < 1.29 is 9.59 Å². The zero-order valence-corrected chi connectivity index (χ0v) is 18.9. The van der Waals surface area contributed by atoms with Crippen LogP contribution in [0.15, 0.2) is 11.8 Å². The Balaban J connectivity index is 1.47. The van der Waals surface area contributed by atoms with Gasteiger partial charge in [0.1, 0.15) is 0 Å². The Labute approximate surface area is 176 Å². The van der Waals surface area contributed by atoms with Crippen molar-refractivity contribution in [1.29, 1.82) is 0 Å². The van der Waals surface area contributed by atoms with E-state index in [1.165, 1.54) is 25.0 Å². The van der Waals surface area contributed by atoms with Gasteiger partial charge in [-0.3, -0.25) is 9.59 Å². The third kappa shape index (κ3) is 2.44. The predicted molar refractivity (Wildman–Crippen MR) is 114 cm³/mol. The summed E-state index contributed by atoms with van der Waals surface area (Å²) in [5, 5.41) is 0. The largest absolute Gasteiger partial charge is 0.377 e. The Morgan fingerprint density at radius 2 is 1.86 bits per heavy atom. The molecule has 0 aromatic rings. The van der Waals surface area contributed by atoms with Gasteiger partial charge in [0.15, 0.2) is 5.78 Å². The molecular weight excluding hydrogens is 360 g/mol. The summed E-state index contributed by atoms with van der Waals surface area (Å²) in [5.74, 6) is 3.80. The Morgan fingerprint density at radius 3 is 2.55 bits per heavy atom. The van der Waals surface area contributed by atoms with Crippen LogP contribution in [0.1, 0.15) is 59.8 Å². The minimum atomic E-state index is 0.146. The fourth-order valence-electron chi connectivity index (χ4n) is 8.61.